The third-order valence-electron chi connectivity index (χ3n) is 3.85. The molecule has 0 saturated heterocycles. The molecule has 0 aliphatic heterocycles. The second-order valence-corrected chi connectivity index (χ2v) is 9.13. The van der Waals surface area contributed by atoms with Crippen molar-refractivity contribution >= 4 is 33.4 Å². The molecule has 2 N–H and O–H groups in total. The SMILES string of the molecule is COc1cc(CNS(=O)(=O)c2ccc(SC)c(NC(C)=O)c2)ccc1OC(C)C. The lowest BCUT2D eigenvalue weighted by atomic mass is 10.2. The highest BCUT2D eigenvalue weighted by Gasteiger charge is 2.17. The van der Waals surface area contributed by atoms with Crippen LogP contribution in [0.15, 0.2) is 46.2 Å². The van der Waals surface area contributed by atoms with E-state index in [1.165, 1.54) is 37.9 Å². The zero-order valence-electron chi connectivity index (χ0n) is 17.1. The predicted octanol–water partition coefficient (Wildman–Crippen LogP) is 3.64. The van der Waals surface area contributed by atoms with E-state index in [9.17, 15) is 13.2 Å². The molecule has 7 nitrogen and oxygen atoms in total. The summed E-state index contributed by atoms with van der Waals surface area (Å²) < 4.78 is 39.0. The first-order chi connectivity index (χ1) is 13.7. The summed E-state index contributed by atoms with van der Waals surface area (Å²) in [5.74, 6) is 0.869. The number of sulfonamides is 1. The van der Waals surface area contributed by atoms with Gasteiger partial charge in [-0.15, -0.1) is 11.8 Å². The van der Waals surface area contributed by atoms with Crippen LogP contribution in [0.5, 0.6) is 11.5 Å². The highest BCUT2D eigenvalue weighted by molar-refractivity contribution is 7.98. The number of rotatable bonds is 9. The van der Waals surface area contributed by atoms with Gasteiger partial charge in [-0.2, -0.15) is 0 Å². The van der Waals surface area contributed by atoms with Crippen molar-refractivity contribution in [3.8, 4) is 11.5 Å². The number of benzene rings is 2. The summed E-state index contributed by atoms with van der Waals surface area (Å²) in [6.45, 7) is 5.29. The second-order valence-electron chi connectivity index (χ2n) is 6.52. The van der Waals surface area contributed by atoms with Crippen LogP contribution < -0.4 is 19.5 Å². The number of nitrogens with one attached hydrogen (secondary N) is 2. The fourth-order valence-electron chi connectivity index (χ4n) is 2.58. The molecule has 9 heteroatoms. The fraction of sp³-hybridized carbons (Fsp3) is 0.350. The van der Waals surface area contributed by atoms with E-state index in [-0.39, 0.29) is 23.5 Å². The molecule has 0 aliphatic rings. The molecule has 0 radical (unpaired) electrons. The Balaban J connectivity index is 2.20. The smallest absolute Gasteiger partial charge is 0.240 e. The zero-order valence-corrected chi connectivity index (χ0v) is 18.7. The van der Waals surface area contributed by atoms with E-state index in [4.69, 9.17) is 9.47 Å². The number of carbonyl (C=O) groups is 1. The molecule has 0 unspecified atom stereocenters. The van der Waals surface area contributed by atoms with Crippen LogP contribution in [0.2, 0.25) is 0 Å². The standard InChI is InChI=1S/C20H26N2O5S2/c1-13(2)27-18-8-6-15(10-19(18)26-4)12-21-29(24,25)16-7-9-20(28-5)17(11-16)22-14(3)23/h6-11,13,21H,12H2,1-5H3,(H,22,23). The number of methoxy groups -OCH3 is 1. The Labute approximate surface area is 176 Å². The van der Waals surface area contributed by atoms with Gasteiger partial charge in [0.15, 0.2) is 11.5 Å². The van der Waals surface area contributed by atoms with E-state index in [0.717, 1.165) is 10.5 Å². The lowest BCUT2D eigenvalue weighted by Crippen LogP contribution is -2.23. The van der Waals surface area contributed by atoms with Gasteiger partial charge in [-0.05, 0) is 56.0 Å². The van der Waals surface area contributed by atoms with Crippen LogP contribution >= 0.6 is 11.8 Å². The Bertz CT molecular complexity index is 975. The molecule has 29 heavy (non-hydrogen) atoms. The molecule has 1 amide bonds. The minimum Gasteiger partial charge on any atom is -0.493 e. The molecular weight excluding hydrogens is 412 g/mol. The number of anilines is 1. The van der Waals surface area contributed by atoms with E-state index in [1.807, 2.05) is 20.1 Å². The van der Waals surface area contributed by atoms with Gasteiger partial charge in [0.2, 0.25) is 15.9 Å². The van der Waals surface area contributed by atoms with Crippen molar-refractivity contribution in [1.29, 1.82) is 0 Å². The van der Waals surface area contributed by atoms with E-state index >= 15 is 0 Å². The fourth-order valence-corrected chi connectivity index (χ4v) is 4.15. The van der Waals surface area contributed by atoms with E-state index in [0.29, 0.717) is 17.2 Å². The quantitative estimate of drug-likeness (QED) is 0.581. The lowest BCUT2D eigenvalue weighted by Gasteiger charge is -2.15. The maximum Gasteiger partial charge on any atom is 0.240 e. The van der Waals surface area contributed by atoms with Crippen LogP contribution in [0.3, 0.4) is 0 Å². The van der Waals surface area contributed by atoms with Gasteiger partial charge in [-0.1, -0.05) is 6.07 Å². The van der Waals surface area contributed by atoms with Crippen molar-refractivity contribution in [2.75, 3.05) is 18.7 Å². The third kappa shape index (κ3) is 6.38. The van der Waals surface area contributed by atoms with Crippen molar-refractivity contribution < 1.29 is 22.7 Å². The first kappa shape index (κ1) is 23.1. The number of carbonyl (C=O) groups excluding carboxylic acids is 1. The number of ether oxygens (including phenoxy) is 2. The third-order valence-corrected chi connectivity index (χ3v) is 6.04. The van der Waals surface area contributed by atoms with Crippen molar-refractivity contribution in [3.05, 3.63) is 42.0 Å². The average molecular weight is 439 g/mol. The van der Waals surface area contributed by atoms with Crippen LogP contribution in [-0.2, 0) is 21.4 Å². The van der Waals surface area contributed by atoms with Gasteiger partial charge in [0.05, 0.1) is 23.8 Å². The van der Waals surface area contributed by atoms with Gasteiger partial charge in [0, 0.05) is 18.4 Å². The molecule has 0 fully saturated rings. The van der Waals surface area contributed by atoms with Crippen molar-refractivity contribution in [2.45, 2.75) is 43.2 Å². The van der Waals surface area contributed by atoms with Crippen LogP contribution in [-0.4, -0.2) is 33.8 Å². The highest BCUT2D eigenvalue weighted by atomic mass is 32.2. The summed E-state index contributed by atoms with van der Waals surface area (Å²) in [6, 6.07) is 9.91. The molecule has 0 aliphatic carbocycles. The highest BCUT2D eigenvalue weighted by Crippen LogP contribution is 2.30. The number of hydrogen-bond acceptors (Lipinski definition) is 6. The molecule has 0 bridgehead atoms. The van der Waals surface area contributed by atoms with Gasteiger partial charge in [-0.25, -0.2) is 13.1 Å². The molecule has 0 saturated carbocycles. The molecule has 2 aromatic rings. The van der Waals surface area contributed by atoms with E-state index in [1.54, 1.807) is 24.3 Å². The average Bonchev–Trinajstić information content (AvgIpc) is 2.66. The number of amides is 1. The van der Waals surface area contributed by atoms with Crippen molar-refractivity contribution in [2.24, 2.45) is 0 Å². The largest absolute Gasteiger partial charge is 0.493 e. The van der Waals surface area contributed by atoms with Gasteiger partial charge in [0.1, 0.15) is 0 Å². The minimum atomic E-state index is -3.77. The maximum atomic E-state index is 12.7. The predicted molar refractivity (Wildman–Crippen MR) is 115 cm³/mol. The monoisotopic (exact) mass is 438 g/mol. The summed E-state index contributed by atoms with van der Waals surface area (Å²) in [6.07, 6.45) is 1.85. The summed E-state index contributed by atoms with van der Waals surface area (Å²) in [5, 5.41) is 2.66. The van der Waals surface area contributed by atoms with Gasteiger partial charge < -0.3 is 14.8 Å². The number of hydrogen-bond donors (Lipinski definition) is 2. The van der Waals surface area contributed by atoms with Gasteiger partial charge in [0.25, 0.3) is 0 Å². The number of thioether (sulfide) groups is 1. The first-order valence-electron chi connectivity index (χ1n) is 8.95. The molecule has 0 aromatic heterocycles. The minimum absolute atomic E-state index is 0.00434. The first-order valence-corrected chi connectivity index (χ1v) is 11.7. The Morgan fingerprint density at radius 1 is 1.14 bits per heavy atom. The zero-order chi connectivity index (χ0) is 21.6. The normalized spacial score (nSPS) is 11.4. The van der Waals surface area contributed by atoms with Crippen LogP contribution in [0.25, 0.3) is 0 Å². The van der Waals surface area contributed by atoms with Crippen molar-refractivity contribution in [3.63, 3.8) is 0 Å². The summed E-state index contributed by atoms with van der Waals surface area (Å²) in [4.78, 5) is 12.3. The topological polar surface area (TPSA) is 93.7 Å². The van der Waals surface area contributed by atoms with Gasteiger partial charge in [-0.3, -0.25) is 4.79 Å². The van der Waals surface area contributed by atoms with E-state index in [2.05, 4.69) is 10.0 Å². The van der Waals surface area contributed by atoms with Crippen LogP contribution in [0.4, 0.5) is 5.69 Å². The van der Waals surface area contributed by atoms with Crippen LogP contribution in [0.1, 0.15) is 26.3 Å². The lowest BCUT2D eigenvalue weighted by molar-refractivity contribution is -0.114. The summed E-state index contributed by atoms with van der Waals surface area (Å²) >= 11 is 1.42. The molecule has 158 valence electrons. The van der Waals surface area contributed by atoms with Gasteiger partial charge >= 0.3 is 0 Å². The molecule has 0 heterocycles. The molecule has 2 aromatic carbocycles. The Hall–Kier alpha value is -2.23. The second kappa shape index (κ2) is 10.00. The maximum absolute atomic E-state index is 12.7. The van der Waals surface area contributed by atoms with Crippen LogP contribution in [0, 0.1) is 0 Å². The molecule has 2 rings (SSSR count). The summed E-state index contributed by atoms with van der Waals surface area (Å²) in [7, 11) is -2.24. The summed E-state index contributed by atoms with van der Waals surface area (Å²) in [5.41, 5.74) is 1.19. The van der Waals surface area contributed by atoms with E-state index < -0.39 is 10.0 Å². The Morgan fingerprint density at radius 3 is 2.45 bits per heavy atom. The molecule has 0 atom stereocenters. The Morgan fingerprint density at radius 2 is 1.86 bits per heavy atom. The Kier molecular flexibility index (Phi) is 7.95. The van der Waals surface area contributed by atoms with Crippen molar-refractivity contribution in [1.82, 2.24) is 4.72 Å². The molecular formula is C20H26N2O5S2. The molecule has 0 spiro atoms.